The van der Waals surface area contributed by atoms with Gasteiger partial charge >= 0.3 is 0 Å². The van der Waals surface area contributed by atoms with Crippen LogP contribution in [0.2, 0.25) is 0 Å². The van der Waals surface area contributed by atoms with Gasteiger partial charge in [0.15, 0.2) is 0 Å². The summed E-state index contributed by atoms with van der Waals surface area (Å²) in [5.74, 6) is 0.736. The van der Waals surface area contributed by atoms with Crippen LogP contribution in [0.4, 0.5) is 0 Å². The molecule has 1 aliphatic carbocycles. The predicted molar refractivity (Wildman–Crippen MR) is 40.0 cm³/mol. The predicted octanol–water partition coefficient (Wildman–Crippen LogP) is 2.72. The Bertz CT molecular complexity index is 140. The largest absolute Gasteiger partial charge is 0.0766 e. The number of hydrogen-bond acceptors (Lipinski definition) is 0. The van der Waals surface area contributed by atoms with Crippen LogP contribution in [0.25, 0.3) is 0 Å². The SMILES string of the molecule is CCC(C)C1=CC[C]=C1. The Morgan fingerprint density at radius 2 is 2.56 bits per heavy atom. The second kappa shape index (κ2) is 2.86. The van der Waals surface area contributed by atoms with Crippen LogP contribution in [-0.2, 0) is 0 Å². The maximum absolute atomic E-state index is 3.17. The highest BCUT2D eigenvalue weighted by atomic mass is 14.1. The first-order chi connectivity index (χ1) is 4.34. The number of allylic oxidation sites excluding steroid dienone is 4. The molecule has 1 atom stereocenters. The van der Waals surface area contributed by atoms with Gasteiger partial charge in [-0.2, -0.15) is 0 Å². The van der Waals surface area contributed by atoms with Gasteiger partial charge in [-0.1, -0.05) is 26.0 Å². The molecule has 1 unspecified atom stereocenters. The molecular weight excluding hydrogens is 108 g/mol. The van der Waals surface area contributed by atoms with Gasteiger partial charge in [-0.25, -0.2) is 0 Å². The molecule has 0 aromatic rings. The molecule has 0 aliphatic heterocycles. The Labute approximate surface area is 57.3 Å². The Kier molecular flexibility index (Phi) is 2.10. The molecule has 0 heteroatoms. The third kappa shape index (κ3) is 1.44. The zero-order valence-corrected chi connectivity index (χ0v) is 6.15. The van der Waals surface area contributed by atoms with E-state index in [-0.39, 0.29) is 0 Å². The van der Waals surface area contributed by atoms with Gasteiger partial charge in [-0.05, 0) is 30.4 Å². The summed E-state index contributed by atoms with van der Waals surface area (Å²) in [4.78, 5) is 0. The van der Waals surface area contributed by atoms with E-state index in [1.54, 1.807) is 0 Å². The van der Waals surface area contributed by atoms with Crippen molar-refractivity contribution in [1.29, 1.82) is 0 Å². The Balaban J connectivity index is 2.51. The lowest BCUT2D eigenvalue weighted by atomic mass is 10.0. The molecule has 0 heterocycles. The molecule has 0 amide bonds. The molecule has 0 nitrogen and oxygen atoms in total. The summed E-state index contributed by atoms with van der Waals surface area (Å²) in [6.07, 6.45) is 9.81. The van der Waals surface area contributed by atoms with Crippen LogP contribution >= 0.6 is 0 Å². The van der Waals surface area contributed by atoms with E-state index in [2.05, 4.69) is 32.1 Å². The van der Waals surface area contributed by atoms with Gasteiger partial charge < -0.3 is 0 Å². The van der Waals surface area contributed by atoms with Crippen LogP contribution in [0.5, 0.6) is 0 Å². The molecule has 0 saturated heterocycles. The highest BCUT2D eigenvalue weighted by Crippen LogP contribution is 2.19. The van der Waals surface area contributed by atoms with Gasteiger partial charge in [-0.3, -0.25) is 0 Å². The Hall–Kier alpha value is -0.520. The molecule has 0 bridgehead atoms. The average Bonchev–Trinajstić information content (AvgIpc) is 2.37. The van der Waals surface area contributed by atoms with Crippen LogP contribution < -0.4 is 0 Å². The first-order valence-electron chi connectivity index (χ1n) is 3.61. The smallest absolute Gasteiger partial charge is 0.00886 e. The zero-order chi connectivity index (χ0) is 6.69. The van der Waals surface area contributed by atoms with E-state index < -0.39 is 0 Å². The maximum atomic E-state index is 3.17. The van der Waals surface area contributed by atoms with Gasteiger partial charge in [-0.15, -0.1) is 0 Å². The van der Waals surface area contributed by atoms with Crippen molar-refractivity contribution in [1.82, 2.24) is 0 Å². The minimum absolute atomic E-state index is 0.736. The summed E-state index contributed by atoms with van der Waals surface area (Å²) in [5.41, 5.74) is 1.47. The maximum Gasteiger partial charge on any atom is -0.00886 e. The molecule has 0 N–H and O–H groups in total. The summed E-state index contributed by atoms with van der Waals surface area (Å²) in [5, 5.41) is 0. The van der Waals surface area contributed by atoms with Crippen LogP contribution in [0, 0.1) is 12.0 Å². The van der Waals surface area contributed by atoms with Crippen molar-refractivity contribution in [2.75, 3.05) is 0 Å². The molecule has 0 aromatic carbocycles. The van der Waals surface area contributed by atoms with Crippen molar-refractivity contribution in [3.8, 4) is 0 Å². The molecule has 0 saturated carbocycles. The van der Waals surface area contributed by atoms with Crippen molar-refractivity contribution in [2.45, 2.75) is 26.7 Å². The van der Waals surface area contributed by atoms with Crippen LogP contribution in [0.15, 0.2) is 17.7 Å². The van der Waals surface area contributed by atoms with E-state index in [0.717, 1.165) is 12.3 Å². The normalized spacial score (nSPS) is 20.0. The van der Waals surface area contributed by atoms with Gasteiger partial charge in [0.2, 0.25) is 0 Å². The fourth-order valence-corrected chi connectivity index (χ4v) is 0.992. The summed E-state index contributed by atoms with van der Waals surface area (Å²) in [7, 11) is 0. The van der Waals surface area contributed by atoms with E-state index in [1.165, 1.54) is 12.0 Å². The minimum Gasteiger partial charge on any atom is -0.0766 e. The van der Waals surface area contributed by atoms with Crippen LogP contribution in [0.1, 0.15) is 26.7 Å². The van der Waals surface area contributed by atoms with E-state index >= 15 is 0 Å². The lowest BCUT2D eigenvalue weighted by Gasteiger charge is -2.05. The quantitative estimate of drug-likeness (QED) is 0.527. The minimum atomic E-state index is 0.736. The fraction of sp³-hybridized carbons (Fsp3) is 0.556. The lowest BCUT2D eigenvalue weighted by molar-refractivity contribution is 0.671. The molecule has 0 aromatic heterocycles. The van der Waals surface area contributed by atoms with Crippen molar-refractivity contribution in [3.05, 3.63) is 23.8 Å². The van der Waals surface area contributed by atoms with E-state index in [0.29, 0.717) is 0 Å². The first kappa shape index (κ1) is 6.60. The number of rotatable bonds is 2. The van der Waals surface area contributed by atoms with Crippen molar-refractivity contribution in [3.63, 3.8) is 0 Å². The van der Waals surface area contributed by atoms with Crippen molar-refractivity contribution >= 4 is 0 Å². The lowest BCUT2D eigenvalue weighted by Crippen LogP contribution is -1.91. The summed E-state index contributed by atoms with van der Waals surface area (Å²) >= 11 is 0. The van der Waals surface area contributed by atoms with Crippen LogP contribution in [0.3, 0.4) is 0 Å². The molecule has 0 spiro atoms. The van der Waals surface area contributed by atoms with Gasteiger partial charge in [0.1, 0.15) is 0 Å². The number of hydrogen-bond donors (Lipinski definition) is 0. The second-order valence-electron chi connectivity index (χ2n) is 2.57. The molecule has 9 heavy (non-hydrogen) atoms. The van der Waals surface area contributed by atoms with E-state index in [9.17, 15) is 0 Å². The Morgan fingerprint density at radius 1 is 1.78 bits per heavy atom. The van der Waals surface area contributed by atoms with Crippen LogP contribution in [-0.4, -0.2) is 0 Å². The molecule has 1 radical (unpaired) electrons. The third-order valence-electron chi connectivity index (χ3n) is 1.91. The van der Waals surface area contributed by atoms with E-state index in [4.69, 9.17) is 0 Å². The van der Waals surface area contributed by atoms with Gasteiger partial charge in [0.25, 0.3) is 0 Å². The topological polar surface area (TPSA) is 0 Å². The van der Waals surface area contributed by atoms with Crippen molar-refractivity contribution < 1.29 is 0 Å². The Morgan fingerprint density at radius 3 is 3.00 bits per heavy atom. The average molecular weight is 121 g/mol. The van der Waals surface area contributed by atoms with E-state index in [1.807, 2.05) is 0 Å². The van der Waals surface area contributed by atoms with Gasteiger partial charge in [0, 0.05) is 0 Å². The summed E-state index contributed by atoms with van der Waals surface area (Å²) in [6.45, 7) is 4.48. The molecule has 1 aliphatic rings. The molecule has 0 fully saturated rings. The third-order valence-corrected chi connectivity index (χ3v) is 1.91. The molecule has 49 valence electrons. The zero-order valence-electron chi connectivity index (χ0n) is 6.15. The van der Waals surface area contributed by atoms with Crippen molar-refractivity contribution in [2.24, 2.45) is 5.92 Å². The molecule has 1 rings (SSSR count). The summed E-state index contributed by atoms with van der Waals surface area (Å²) < 4.78 is 0. The van der Waals surface area contributed by atoms with Gasteiger partial charge in [0.05, 0.1) is 0 Å². The molecular formula is C9H13. The highest BCUT2D eigenvalue weighted by molar-refractivity contribution is 5.24. The monoisotopic (exact) mass is 121 g/mol. The standard InChI is InChI=1S/C9H13/c1-3-8(2)9-6-4-5-7-9/h6-8H,3-4H2,1-2H3. The highest BCUT2D eigenvalue weighted by Gasteiger charge is 2.04. The second-order valence-corrected chi connectivity index (χ2v) is 2.57. The summed E-state index contributed by atoms with van der Waals surface area (Å²) in [6, 6.07) is 0. The fourth-order valence-electron chi connectivity index (χ4n) is 0.992. The first-order valence-corrected chi connectivity index (χ1v) is 3.61.